The predicted molar refractivity (Wildman–Crippen MR) is 73.0 cm³/mol. The molecular weight excluding hydrogens is 222 g/mol. The lowest BCUT2D eigenvalue weighted by Gasteiger charge is -2.40. The first kappa shape index (κ1) is 11.9. The number of ether oxygens (including phenoxy) is 1. The van der Waals surface area contributed by atoms with Gasteiger partial charge in [0.2, 0.25) is 0 Å². The van der Waals surface area contributed by atoms with Gasteiger partial charge in [0.15, 0.2) is 0 Å². The number of rotatable bonds is 3. The SMILES string of the molecule is C=C[C@@H]1CCN(Cc2ccccc2)[C@H]2OCC[C@@H]12. The molecule has 1 aromatic rings. The van der Waals surface area contributed by atoms with Crippen molar-refractivity contribution < 1.29 is 4.74 Å². The molecule has 2 nitrogen and oxygen atoms in total. The third-order valence-corrected chi connectivity index (χ3v) is 4.30. The first-order valence-electron chi connectivity index (χ1n) is 6.90. The standard InChI is InChI=1S/C16H21NO/c1-2-14-8-10-17(16-15(14)9-11-18-16)12-13-6-4-3-5-7-13/h2-7,14-16H,1,8-12H2/t14-,15+,16+/m1/s1. The van der Waals surface area contributed by atoms with E-state index in [0.29, 0.717) is 18.1 Å². The maximum Gasteiger partial charge on any atom is 0.114 e. The Balaban J connectivity index is 1.72. The highest BCUT2D eigenvalue weighted by Gasteiger charge is 2.40. The molecule has 0 N–H and O–H groups in total. The number of hydrogen-bond acceptors (Lipinski definition) is 2. The molecule has 2 heteroatoms. The van der Waals surface area contributed by atoms with Gasteiger partial charge in [-0.15, -0.1) is 6.58 Å². The van der Waals surface area contributed by atoms with Gasteiger partial charge < -0.3 is 4.74 Å². The van der Waals surface area contributed by atoms with Gasteiger partial charge >= 0.3 is 0 Å². The summed E-state index contributed by atoms with van der Waals surface area (Å²) in [7, 11) is 0. The van der Waals surface area contributed by atoms with Crippen LogP contribution in [0.5, 0.6) is 0 Å². The van der Waals surface area contributed by atoms with Crippen LogP contribution in [0.1, 0.15) is 18.4 Å². The summed E-state index contributed by atoms with van der Waals surface area (Å²) in [5.41, 5.74) is 1.38. The van der Waals surface area contributed by atoms with Crippen LogP contribution in [0.3, 0.4) is 0 Å². The Labute approximate surface area is 109 Å². The van der Waals surface area contributed by atoms with Crippen LogP contribution in [0, 0.1) is 11.8 Å². The van der Waals surface area contributed by atoms with E-state index in [4.69, 9.17) is 4.74 Å². The molecule has 0 spiro atoms. The zero-order chi connectivity index (χ0) is 12.4. The van der Waals surface area contributed by atoms with E-state index in [1.165, 1.54) is 18.4 Å². The molecule has 3 atom stereocenters. The number of allylic oxidation sites excluding steroid dienone is 1. The average molecular weight is 243 g/mol. The number of benzene rings is 1. The lowest BCUT2D eigenvalue weighted by atomic mass is 9.83. The summed E-state index contributed by atoms with van der Waals surface area (Å²) in [6, 6.07) is 10.7. The molecule has 2 aliphatic rings. The van der Waals surface area contributed by atoms with E-state index in [1.54, 1.807) is 0 Å². The van der Waals surface area contributed by atoms with Gasteiger partial charge in [0.25, 0.3) is 0 Å². The Morgan fingerprint density at radius 3 is 2.89 bits per heavy atom. The molecular formula is C16H21NO. The molecule has 0 radical (unpaired) electrons. The average Bonchev–Trinajstić information content (AvgIpc) is 2.90. The molecule has 0 amide bonds. The monoisotopic (exact) mass is 243 g/mol. The molecule has 0 unspecified atom stereocenters. The quantitative estimate of drug-likeness (QED) is 0.757. The lowest BCUT2D eigenvalue weighted by molar-refractivity contribution is -0.0761. The molecule has 2 heterocycles. The van der Waals surface area contributed by atoms with Crippen molar-refractivity contribution in [2.24, 2.45) is 11.8 Å². The summed E-state index contributed by atoms with van der Waals surface area (Å²) < 4.78 is 5.95. The van der Waals surface area contributed by atoms with Crippen molar-refractivity contribution in [3.05, 3.63) is 48.6 Å². The second-order valence-corrected chi connectivity index (χ2v) is 5.36. The van der Waals surface area contributed by atoms with E-state index >= 15 is 0 Å². The predicted octanol–water partition coefficient (Wildman–Crippen LogP) is 3.06. The van der Waals surface area contributed by atoms with Crippen molar-refractivity contribution in [2.45, 2.75) is 25.6 Å². The number of piperidine rings is 1. The van der Waals surface area contributed by atoms with E-state index < -0.39 is 0 Å². The van der Waals surface area contributed by atoms with Gasteiger partial charge in [0, 0.05) is 25.6 Å². The Morgan fingerprint density at radius 1 is 1.28 bits per heavy atom. The summed E-state index contributed by atoms with van der Waals surface area (Å²) >= 11 is 0. The largest absolute Gasteiger partial charge is 0.363 e. The maximum atomic E-state index is 5.95. The third kappa shape index (κ3) is 2.23. The van der Waals surface area contributed by atoms with Crippen LogP contribution >= 0.6 is 0 Å². The fourth-order valence-electron chi connectivity index (χ4n) is 3.33. The molecule has 2 saturated heterocycles. The molecule has 2 fully saturated rings. The Kier molecular flexibility index (Phi) is 3.48. The van der Waals surface area contributed by atoms with Crippen molar-refractivity contribution >= 4 is 0 Å². The molecule has 0 aliphatic carbocycles. The van der Waals surface area contributed by atoms with Gasteiger partial charge in [-0.3, -0.25) is 4.90 Å². The highest BCUT2D eigenvalue weighted by atomic mass is 16.5. The maximum absolute atomic E-state index is 5.95. The molecule has 96 valence electrons. The summed E-state index contributed by atoms with van der Waals surface area (Å²) in [6.07, 6.45) is 4.85. The zero-order valence-electron chi connectivity index (χ0n) is 10.8. The first-order chi connectivity index (χ1) is 8.88. The molecule has 3 rings (SSSR count). The second-order valence-electron chi connectivity index (χ2n) is 5.36. The normalized spacial score (nSPS) is 32.1. The third-order valence-electron chi connectivity index (χ3n) is 4.30. The zero-order valence-corrected chi connectivity index (χ0v) is 10.8. The molecule has 1 aromatic carbocycles. The molecule has 0 aromatic heterocycles. The van der Waals surface area contributed by atoms with Crippen LogP contribution in [0.15, 0.2) is 43.0 Å². The fourth-order valence-corrected chi connectivity index (χ4v) is 3.33. The minimum atomic E-state index is 0.307. The van der Waals surface area contributed by atoms with Crippen LogP contribution in [0.2, 0.25) is 0 Å². The van der Waals surface area contributed by atoms with Gasteiger partial charge in [-0.25, -0.2) is 0 Å². The minimum Gasteiger partial charge on any atom is -0.363 e. The molecule has 2 aliphatic heterocycles. The second kappa shape index (κ2) is 5.25. The van der Waals surface area contributed by atoms with Crippen LogP contribution < -0.4 is 0 Å². The van der Waals surface area contributed by atoms with Gasteiger partial charge in [0.1, 0.15) is 6.23 Å². The van der Waals surface area contributed by atoms with Crippen LogP contribution in [-0.4, -0.2) is 24.3 Å². The number of nitrogens with zero attached hydrogens (tertiary/aromatic N) is 1. The number of fused-ring (bicyclic) bond motifs is 1. The van der Waals surface area contributed by atoms with Crippen LogP contribution in [-0.2, 0) is 11.3 Å². The Hall–Kier alpha value is -1.12. The number of hydrogen-bond donors (Lipinski definition) is 0. The fraction of sp³-hybridized carbons (Fsp3) is 0.500. The van der Waals surface area contributed by atoms with Crippen molar-refractivity contribution in [3.63, 3.8) is 0 Å². The van der Waals surface area contributed by atoms with Gasteiger partial charge in [0.05, 0.1) is 0 Å². The van der Waals surface area contributed by atoms with Gasteiger partial charge in [-0.05, 0) is 24.3 Å². The van der Waals surface area contributed by atoms with Crippen molar-refractivity contribution in [2.75, 3.05) is 13.2 Å². The van der Waals surface area contributed by atoms with Crippen molar-refractivity contribution in [1.29, 1.82) is 0 Å². The lowest BCUT2D eigenvalue weighted by Crippen LogP contribution is -2.46. The van der Waals surface area contributed by atoms with Crippen molar-refractivity contribution in [1.82, 2.24) is 4.90 Å². The van der Waals surface area contributed by atoms with E-state index in [1.807, 2.05) is 0 Å². The molecule has 0 saturated carbocycles. The van der Waals surface area contributed by atoms with Crippen LogP contribution in [0.4, 0.5) is 0 Å². The molecule has 0 bridgehead atoms. The Morgan fingerprint density at radius 2 is 2.11 bits per heavy atom. The Bertz CT molecular complexity index is 403. The van der Waals surface area contributed by atoms with Gasteiger partial charge in [-0.1, -0.05) is 36.4 Å². The summed E-state index contributed by atoms with van der Waals surface area (Å²) in [5.74, 6) is 1.30. The van der Waals surface area contributed by atoms with Crippen molar-refractivity contribution in [3.8, 4) is 0 Å². The highest BCUT2D eigenvalue weighted by Crippen LogP contribution is 2.37. The number of likely N-dealkylation sites (tertiary alicyclic amines) is 1. The first-order valence-corrected chi connectivity index (χ1v) is 6.90. The highest BCUT2D eigenvalue weighted by molar-refractivity contribution is 5.15. The smallest absolute Gasteiger partial charge is 0.114 e. The van der Waals surface area contributed by atoms with E-state index in [0.717, 1.165) is 19.7 Å². The molecule has 18 heavy (non-hydrogen) atoms. The van der Waals surface area contributed by atoms with Crippen LogP contribution in [0.25, 0.3) is 0 Å². The topological polar surface area (TPSA) is 12.5 Å². The van der Waals surface area contributed by atoms with Gasteiger partial charge in [-0.2, -0.15) is 0 Å². The summed E-state index contributed by atoms with van der Waals surface area (Å²) in [5, 5.41) is 0. The summed E-state index contributed by atoms with van der Waals surface area (Å²) in [6.45, 7) is 7.01. The van der Waals surface area contributed by atoms with E-state index in [-0.39, 0.29) is 0 Å². The van der Waals surface area contributed by atoms with E-state index in [9.17, 15) is 0 Å². The van der Waals surface area contributed by atoms with E-state index in [2.05, 4.69) is 47.9 Å². The minimum absolute atomic E-state index is 0.307. The summed E-state index contributed by atoms with van der Waals surface area (Å²) in [4.78, 5) is 2.49.